The van der Waals surface area contributed by atoms with Crippen molar-refractivity contribution < 1.29 is 14.6 Å². The van der Waals surface area contributed by atoms with Gasteiger partial charge in [-0.2, -0.15) is 0 Å². The lowest BCUT2D eigenvalue weighted by Crippen LogP contribution is -2.21. The molecule has 3 N–H and O–H groups in total. The SMILES string of the molecule is Cc1cc(OC2CCOC2)ncc1[C@@H](O)[C@@H](N)c1ccc(Cl)c(Cl)c1.Cl. The summed E-state index contributed by atoms with van der Waals surface area (Å²) in [6.45, 7) is 3.17. The fraction of sp³-hybridized carbons (Fsp3) is 0.389. The maximum absolute atomic E-state index is 10.7. The Balaban J connectivity index is 0.00000243. The van der Waals surface area contributed by atoms with Crippen LogP contribution in [-0.4, -0.2) is 29.4 Å². The molecule has 1 unspecified atom stereocenters. The third-order valence-corrected chi connectivity index (χ3v) is 5.03. The first-order chi connectivity index (χ1) is 12.0. The monoisotopic (exact) mass is 418 g/mol. The topological polar surface area (TPSA) is 77.6 Å². The minimum absolute atomic E-state index is 0. The molecule has 142 valence electrons. The molecule has 0 saturated carbocycles. The Hall–Kier alpha value is -1.08. The number of hydrogen-bond donors (Lipinski definition) is 2. The van der Waals surface area contributed by atoms with Crippen LogP contribution in [0, 0.1) is 6.92 Å². The van der Waals surface area contributed by atoms with Crippen LogP contribution >= 0.6 is 35.6 Å². The van der Waals surface area contributed by atoms with Gasteiger partial charge in [0.15, 0.2) is 0 Å². The number of aliphatic hydroxyl groups is 1. The maximum atomic E-state index is 10.7. The van der Waals surface area contributed by atoms with E-state index in [9.17, 15) is 5.11 Å². The van der Waals surface area contributed by atoms with Crippen molar-refractivity contribution in [3.8, 4) is 5.88 Å². The summed E-state index contributed by atoms with van der Waals surface area (Å²) in [5.41, 5.74) is 8.40. The van der Waals surface area contributed by atoms with E-state index in [0.29, 0.717) is 40.3 Å². The van der Waals surface area contributed by atoms with Gasteiger partial charge in [0.1, 0.15) is 6.10 Å². The first kappa shape index (κ1) is 21.2. The van der Waals surface area contributed by atoms with Crippen LogP contribution in [0.3, 0.4) is 0 Å². The molecule has 2 aromatic rings. The van der Waals surface area contributed by atoms with Crippen molar-refractivity contribution in [2.24, 2.45) is 5.73 Å². The van der Waals surface area contributed by atoms with Gasteiger partial charge in [-0.25, -0.2) is 4.98 Å². The third kappa shape index (κ3) is 4.80. The molecule has 3 rings (SSSR count). The van der Waals surface area contributed by atoms with Crippen LogP contribution in [0.15, 0.2) is 30.5 Å². The molecule has 1 aromatic heterocycles. The highest BCUT2D eigenvalue weighted by atomic mass is 35.5. The number of rotatable bonds is 5. The molecular formula is C18H21Cl3N2O3. The van der Waals surface area contributed by atoms with Crippen molar-refractivity contribution in [3.63, 3.8) is 0 Å². The smallest absolute Gasteiger partial charge is 0.213 e. The number of nitrogens with zero attached hydrogens (tertiary/aromatic N) is 1. The van der Waals surface area contributed by atoms with Crippen molar-refractivity contribution >= 4 is 35.6 Å². The van der Waals surface area contributed by atoms with Gasteiger partial charge in [0.05, 0.1) is 35.4 Å². The Morgan fingerprint density at radius 1 is 1.31 bits per heavy atom. The summed E-state index contributed by atoms with van der Waals surface area (Å²) in [5, 5.41) is 11.5. The summed E-state index contributed by atoms with van der Waals surface area (Å²) >= 11 is 12.0. The molecule has 3 atom stereocenters. The number of pyridine rings is 1. The van der Waals surface area contributed by atoms with Gasteiger partial charge in [0, 0.05) is 24.2 Å². The Morgan fingerprint density at radius 2 is 2.08 bits per heavy atom. The quantitative estimate of drug-likeness (QED) is 0.765. The molecule has 0 amide bonds. The zero-order valence-electron chi connectivity index (χ0n) is 14.2. The van der Waals surface area contributed by atoms with Gasteiger partial charge >= 0.3 is 0 Å². The van der Waals surface area contributed by atoms with Crippen molar-refractivity contribution in [1.82, 2.24) is 4.98 Å². The van der Waals surface area contributed by atoms with Crippen LogP contribution in [0.5, 0.6) is 5.88 Å². The van der Waals surface area contributed by atoms with E-state index in [1.807, 2.05) is 6.92 Å². The van der Waals surface area contributed by atoms with Gasteiger partial charge in [0.25, 0.3) is 0 Å². The molecule has 5 nitrogen and oxygen atoms in total. The van der Waals surface area contributed by atoms with E-state index in [-0.39, 0.29) is 18.5 Å². The predicted molar refractivity (Wildman–Crippen MR) is 104 cm³/mol. The second-order valence-corrected chi connectivity index (χ2v) is 6.94. The zero-order valence-corrected chi connectivity index (χ0v) is 16.5. The van der Waals surface area contributed by atoms with Crippen molar-refractivity contribution in [1.29, 1.82) is 0 Å². The summed E-state index contributed by atoms with van der Waals surface area (Å²) in [6.07, 6.45) is 1.56. The van der Waals surface area contributed by atoms with Crippen LogP contribution in [0.1, 0.15) is 35.3 Å². The molecule has 8 heteroatoms. The standard InChI is InChI=1S/C18H20Cl2N2O3.ClH/c1-10-6-16(25-12-4-5-24-9-12)22-8-13(10)18(23)17(21)11-2-3-14(19)15(20)7-11;/h2-3,6-8,12,17-18,23H,4-5,9,21H2,1H3;1H/t12?,17-,18+;/m0./s1. The Labute approximate surface area is 168 Å². The summed E-state index contributed by atoms with van der Waals surface area (Å²) in [4.78, 5) is 4.29. The number of aryl methyl sites for hydroxylation is 1. The van der Waals surface area contributed by atoms with E-state index < -0.39 is 12.1 Å². The molecule has 1 aliphatic heterocycles. The summed E-state index contributed by atoms with van der Waals surface area (Å²) < 4.78 is 11.1. The van der Waals surface area contributed by atoms with Gasteiger partial charge in [-0.1, -0.05) is 29.3 Å². The molecular weight excluding hydrogens is 399 g/mol. The third-order valence-electron chi connectivity index (χ3n) is 4.29. The normalized spacial score (nSPS) is 18.9. The lowest BCUT2D eigenvalue weighted by molar-refractivity contribution is 0.136. The van der Waals surface area contributed by atoms with Gasteiger partial charge in [-0.15, -0.1) is 12.4 Å². The van der Waals surface area contributed by atoms with Gasteiger partial charge in [-0.05, 0) is 30.2 Å². The molecule has 0 aliphatic carbocycles. The minimum Gasteiger partial charge on any atom is -0.472 e. The average Bonchev–Trinajstić information content (AvgIpc) is 3.09. The van der Waals surface area contributed by atoms with E-state index in [4.69, 9.17) is 38.4 Å². The second-order valence-electron chi connectivity index (χ2n) is 6.13. The van der Waals surface area contributed by atoms with E-state index in [1.165, 1.54) is 0 Å². The van der Waals surface area contributed by atoms with Crippen LogP contribution < -0.4 is 10.5 Å². The molecule has 2 heterocycles. The molecule has 26 heavy (non-hydrogen) atoms. The van der Waals surface area contributed by atoms with Crippen LogP contribution in [0.2, 0.25) is 10.0 Å². The van der Waals surface area contributed by atoms with Crippen LogP contribution in [-0.2, 0) is 4.74 Å². The van der Waals surface area contributed by atoms with Crippen LogP contribution in [0.25, 0.3) is 0 Å². The highest BCUT2D eigenvalue weighted by Crippen LogP contribution is 2.32. The van der Waals surface area contributed by atoms with E-state index in [1.54, 1.807) is 30.5 Å². The molecule has 0 spiro atoms. The van der Waals surface area contributed by atoms with E-state index in [2.05, 4.69) is 4.98 Å². The first-order valence-electron chi connectivity index (χ1n) is 8.05. The Bertz CT molecular complexity index is 754. The zero-order chi connectivity index (χ0) is 18.0. The summed E-state index contributed by atoms with van der Waals surface area (Å²) in [7, 11) is 0. The maximum Gasteiger partial charge on any atom is 0.213 e. The highest BCUT2D eigenvalue weighted by Gasteiger charge is 2.23. The summed E-state index contributed by atoms with van der Waals surface area (Å²) in [6, 6.07) is 6.24. The first-order valence-corrected chi connectivity index (χ1v) is 8.81. The minimum atomic E-state index is -0.923. The molecule has 1 aliphatic rings. The molecule has 1 saturated heterocycles. The lowest BCUT2D eigenvalue weighted by atomic mass is 9.95. The fourth-order valence-corrected chi connectivity index (χ4v) is 3.09. The number of hydrogen-bond acceptors (Lipinski definition) is 5. The largest absolute Gasteiger partial charge is 0.472 e. The molecule has 1 fully saturated rings. The van der Waals surface area contributed by atoms with Crippen molar-refractivity contribution in [3.05, 3.63) is 57.2 Å². The lowest BCUT2D eigenvalue weighted by Gasteiger charge is -2.22. The Morgan fingerprint density at radius 3 is 2.69 bits per heavy atom. The van der Waals surface area contributed by atoms with Crippen molar-refractivity contribution in [2.75, 3.05) is 13.2 Å². The molecule has 1 aromatic carbocycles. The second kappa shape index (κ2) is 9.22. The van der Waals surface area contributed by atoms with Crippen molar-refractivity contribution in [2.45, 2.75) is 31.6 Å². The molecule has 0 bridgehead atoms. The van der Waals surface area contributed by atoms with Gasteiger partial charge in [0.2, 0.25) is 5.88 Å². The van der Waals surface area contributed by atoms with Gasteiger partial charge < -0.3 is 20.3 Å². The fourth-order valence-electron chi connectivity index (χ4n) is 2.79. The number of nitrogens with two attached hydrogens (primary N) is 1. The number of ether oxygens (including phenoxy) is 2. The Kier molecular flexibility index (Phi) is 7.52. The predicted octanol–water partition coefficient (Wildman–Crippen LogP) is 4.02. The number of aromatic nitrogens is 1. The average molecular weight is 420 g/mol. The number of benzene rings is 1. The van der Waals surface area contributed by atoms with Crippen LogP contribution in [0.4, 0.5) is 0 Å². The molecule has 0 radical (unpaired) electrons. The van der Waals surface area contributed by atoms with E-state index >= 15 is 0 Å². The number of aliphatic hydroxyl groups excluding tert-OH is 1. The van der Waals surface area contributed by atoms with E-state index in [0.717, 1.165) is 12.0 Å². The summed E-state index contributed by atoms with van der Waals surface area (Å²) in [5.74, 6) is 0.520. The highest BCUT2D eigenvalue weighted by molar-refractivity contribution is 6.42. The number of halogens is 3. The van der Waals surface area contributed by atoms with Gasteiger partial charge in [-0.3, -0.25) is 0 Å².